The number of rotatable bonds is 7. The topological polar surface area (TPSA) is 62.9 Å². The van der Waals surface area contributed by atoms with Gasteiger partial charge in [-0.3, -0.25) is 4.90 Å². The molecule has 3 aromatic rings. The van der Waals surface area contributed by atoms with Crippen molar-refractivity contribution in [1.29, 1.82) is 0 Å². The molecule has 0 amide bonds. The zero-order valence-corrected chi connectivity index (χ0v) is 16.8. The Bertz CT molecular complexity index is 1020. The molecule has 0 radical (unpaired) electrons. The summed E-state index contributed by atoms with van der Waals surface area (Å²) in [7, 11) is 0. The van der Waals surface area contributed by atoms with Gasteiger partial charge in [0.1, 0.15) is 11.3 Å². The molecule has 2 aromatic carbocycles. The smallest absolute Gasteiger partial charge is 0.336 e. The zero-order chi connectivity index (χ0) is 20.2. The summed E-state index contributed by atoms with van der Waals surface area (Å²) in [5, 5.41) is 11.0. The monoisotopic (exact) mass is 393 g/mol. The van der Waals surface area contributed by atoms with Crippen LogP contribution < -0.4 is 5.63 Å². The van der Waals surface area contributed by atoms with Crippen molar-refractivity contribution < 1.29 is 14.3 Å². The van der Waals surface area contributed by atoms with E-state index in [2.05, 4.69) is 17.0 Å². The maximum atomic E-state index is 12.2. The van der Waals surface area contributed by atoms with E-state index in [1.165, 1.54) is 5.56 Å². The molecule has 152 valence electrons. The lowest BCUT2D eigenvalue weighted by Gasteiger charge is -2.26. The van der Waals surface area contributed by atoms with Crippen LogP contribution in [-0.4, -0.2) is 29.3 Å². The van der Waals surface area contributed by atoms with Crippen LogP contribution in [0.15, 0.2) is 57.7 Å². The van der Waals surface area contributed by atoms with Gasteiger partial charge in [-0.1, -0.05) is 37.3 Å². The maximum absolute atomic E-state index is 12.2. The fourth-order valence-electron chi connectivity index (χ4n) is 4.06. The minimum atomic E-state index is -0.395. The van der Waals surface area contributed by atoms with Crippen LogP contribution in [0.1, 0.15) is 36.5 Å². The number of fused-ring (bicyclic) bond motifs is 1. The number of phenolic OH excluding ortho intramolecular Hbond substituents is 1. The molecule has 1 saturated heterocycles. The number of hydrogen-bond donors (Lipinski definition) is 1. The minimum Gasteiger partial charge on any atom is -0.508 e. The number of hydrogen-bond acceptors (Lipinski definition) is 5. The van der Waals surface area contributed by atoms with Gasteiger partial charge in [-0.05, 0) is 42.0 Å². The second-order valence-electron chi connectivity index (χ2n) is 7.71. The van der Waals surface area contributed by atoms with Gasteiger partial charge >= 0.3 is 5.63 Å². The standard InChI is InChI=1S/C24H27NO4/c1-2-18-11-21-19(12-24(27)29-23(21)13-22(18)26)15-25(16-20-9-6-10-28-20)14-17-7-4-3-5-8-17/h3-5,7-8,11-13,20,26H,2,6,9-10,14-16H2,1H3. The van der Waals surface area contributed by atoms with Crippen molar-refractivity contribution >= 4 is 11.0 Å². The Morgan fingerprint density at radius 1 is 1.10 bits per heavy atom. The summed E-state index contributed by atoms with van der Waals surface area (Å²) < 4.78 is 11.2. The van der Waals surface area contributed by atoms with E-state index in [1.54, 1.807) is 12.1 Å². The first-order valence-electron chi connectivity index (χ1n) is 10.3. The maximum Gasteiger partial charge on any atom is 0.336 e. The SMILES string of the molecule is CCc1cc2c(CN(Cc3ccccc3)CC3CCCO3)cc(=O)oc2cc1O. The van der Waals surface area contributed by atoms with E-state index in [1.807, 2.05) is 31.2 Å². The van der Waals surface area contributed by atoms with Crippen LogP contribution in [0.25, 0.3) is 11.0 Å². The number of aryl methyl sites for hydroxylation is 1. The van der Waals surface area contributed by atoms with Crippen molar-refractivity contribution in [3.63, 3.8) is 0 Å². The minimum absolute atomic E-state index is 0.167. The summed E-state index contributed by atoms with van der Waals surface area (Å²) in [6.07, 6.45) is 3.10. The molecule has 4 rings (SSSR count). The number of benzene rings is 2. The van der Waals surface area contributed by atoms with E-state index in [0.717, 1.165) is 49.1 Å². The van der Waals surface area contributed by atoms with Crippen LogP contribution >= 0.6 is 0 Å². The molecule has 1 atom stereocenters. The van der Waals surface area contributed by atoms with E-state index in [-0.39, 0.29) is 11.9 Å². The zero-order valence-electron chi connectivity index (χ0n) is 16.8. The normalized spacial score (nSPS) is 16.7. The molecule has 0 bridgehead atoms. The molecule has 1 unspecified atom stereocenters. The lowest BCUT2D eigenvalue weighted by atomic mass is 10.0. The molecule has 1 aromatic heterocycles. The van der Waals surface area contributed by atoms with E-state index < -0.39 is 5.63 Å². The van der Waals surface area contributed by atoms with Gasteiger partial charge in [0.05, 0.1) is 6.10 Å². The summed E-state index contributed by atoms with van der Waals surface area (Å²) in [5.74, 6) is 0.167. The third-order valence-electron chi connectivity index (χ3n) is 5.54. The Hall–Kier alpha value is -2.63. The van der Waals surface area contributed by atoms with E-state index >= 15 is 0 Å². The highest BCUT2D eigenvalue weighted by molar-refractivity contribution is 5.82. The summed E-state index contributed by atoms with van der Waals surface area (Å²) in [6.45, 7) is 5.03. The van der Waals surface area contributed by atoms with Crippen molar-refractivity contribution in [2.45, 2.75) is 45.4 Å². The summed E-state index contributed by atoms with van der Waals surface area (Å²) >= 11 is 0. The Kier molecular flexibility index (Phi) is 5.97. The molecule has 2 heterocycles. The molecule has 0 aliphatic carbocycles. The second kappa shape index (κ2) is 8.80. The summed E-state index contributed by atoms with van der Waals surface area (Å²) in [6, 6.07) is 15.4. The van der Waals surface area contributed by atoms with Gasteiger partial charge in [-0.15, -0.1) is 0 Å². The van der Waals surface area contributed by atoms with Crippen LogP contribution in [0.5, 0.6) is 5.75 Å². The number of phenols is 1. The van der Waals surface area contributed by atoms with Gasteiger partial charge in [-0.2, -0.15) is 0 Å². The number of nitrogens with zero attached hydrogens (tertiary/aromatic N) is 1. The predicted molar refractivity (Wildman–Crippen MR) is 113 cm³/mol. The Morgan fingerprint density at radius 2 is 1.93 bits per heavy atom. The molecule has 0 spiro atoms. The van der Waals surface area contributed by atoms with Crippen LogP contribution in [0.2, 0.25) is 0 Å². The third-order valence-corrected chi connectivity index (χ3v) is 5.54. The Labute approximate surface area is 170 Å². The van der Waals surface area contributed by atoms with Crippen molar-refractivity contribution in [2.75, 3.05) is 13.2 Å². The fraction of sp³-hybridized carbons (Fsp3) is 0.375. The summed E-state index contributed by atoms with van der Waals surface area (Å²) in [5.41, 5.74) is 3.03. The fourth-order valence-corrected chi connectivity index (χ4v) is 4.06. The van der Waals surface area contributed by atoms with Gasteiger partial charge in [0.15, 0.2) is 0 Å². The Morgan fingerprint density at radius 3 is 2.66 bits per heavy atom. The molecular weight excluding hydrogens is 366 g/mol. The van der Waals surface area contributed by atoms with E-state index in [0.29, 0.717) is 18.5 Å². The highest BCUT2D eigenvalue weighted by Crippen LogP contribution is 2.28. The number of ether oxygens (including phenoxy) is 1. The third kappa shape index (κ3) is 4.69. The van der Waals surface area contributed by atoms with Crippen LogP contribution in [0.4, 0.5) is 0 Å². The first-order chi connectivity index (χ1) is 14.1. The van der Waals surface area contributed by atoms with Crippen LogP contribution in [-0.2, 0) is 24.2 Å². The second-order valence-corrected chi connectivity index (χ2v) is 7.71. The highest BCUT2D eigenvalue weighted by Gasteiger charge is 2.21. The highest BCUT2D eigenvalue weighted by atomic mass is 16.5. The van der Waals surface area contributed by atoms with Gasteiger partial charge < -0.3 is 14.3 Å². The van der Waals surface area contributed by atoms with Crippen molar-refractivity contribution in [3.05, 3.63) is 75.6 Å². The first kappa shape index (κ1) is 19.7. The van der Waals surface area contributed by atoms with Crippen LogP contribution in [0.3, 0.4) is 0 Å². The lowest BCUT2D eigenvalue weighted by molar-refractivity contribution is 0.0680. The molecular formula is C24H27NO4. The van der Waals surface area contributed by atoms with Gasteiger partial charge in [0.25, 0.3) is 0 Å². The lowest BCUT2D eigenvalue weighted by Crippen LogP contribution is -2.31. The number of aromatic hydroxyl groups is 1. The molecule has 1 aliphatic heterocycles. The molecule has 1 fully saturated rings. The van der Waals surface area contributed by atoms with Gasteiger partial charge in [0.2, 0.25) is 0 Å². The van der Waals surface area contributed by atoms with E-state index in [9.17, 15) is 9.90 Å². The van der Waals surface area contributed by atoms with Crippen molar-refractivity contribution in [1.82, 2.24) is 4.90 Å². The molecule has 1 aliphatic rings. The molecule has 5 nitrogen and oxygen atoms in total. The van der Waals surface area contributed by atoms with Gasteiger partial charge in [0, 0.05) is 43.8 Å². The quantitative estimate of drug-likeness (QED) is 0.608. The predicted octanol–water partition coefficient (Wildman–Crippen LogP) is 4.24. The van der Waals surface area contributed by atoms with Crippen LogP contribution in [0, 0.1) is 0 Å². The molecule has 29 heavy (non-hydrogen) atoms. The first-order valence-corrected chi connectivity index (χ1v) is 10.3. The average Bonchev–Trinajstić information content (AvgIpc) is 3.21. The Balaban J connectivity index is 1.68. The summed E-state index contributed by atoms with van der Waals surface area (Å²) in [4.78, 5) is 14.5. The largest absolute Gasteiger partial charge is 0.508 e. The van der Waals surface area contributed by atoms with E-state index in [4.69, 9.17) is 9.15 Å². The van der Waals surface area contributed by atoms with Crippen molar-refractivity contribution in [3.8, 4) is 5.75 Å². The molecule has 1 N–H and O–H groups in total. The van der Waals surface area contributed by atoms with Gasteiger partial charge in [-0.25, -0.2) is 4.79 Å². The average molecular weight is 393 g/mol. The molecule has 5 heteroatoms. The molecule has 0 saturated carbocycles. The van der Waals surface area contributed by atoms with Crippen molar-refractivity contribution in [2.24, 2.45) is 0 Å².